The Labute approximate surface area is 147 Å². The lowest BCUT2D eigenvalue weighted by Gasteiger charge is -2.30. The van der Waals surface area contributed by atoms with Gasteiger partial charge >= 0.3 is 0 Å². The summed E-state index contributed by atoms with van der Waals surface area (Å²) in [5, 5.41) is 7.48. The van der Waals surface area contributed by atoms with Gasteiger partial charge in [0, 0.05) is 32.1 Å². The molecule has 1 saturated heterocycles. The maximum atomic E-state index is 5.52. The molecule has 1 aromatic heterocycles. The molecule has 2 aromatic rings. The van der Waals surface area contributed by atoms with Crippen LogP contribution in [0.1, 0.15) is 28.9 Å². The maximum absolute atomic E-state index is 5.52. The molecule has 2 aliphatic heterocycles. The number of hydrogen-bond donors (Lipinski definition) is 1. The molecule has 6 nitrogen and oxygen atoms in total. The van der Waals surface area contributed by atoms with E-state index in [1.54, 1.807) is 0 Å². The van der Waals surface area contributed by atoms with Crippen molar-refractivity contribution >= 4 is 24.6 Å². The van der Waals surface area contributed by atoms with Crippen molar-refractivity contribution in [2.24, 2.45) is 0 Å². The highest BCUT2D eigenvalue weighted by molar-refractivity contribution is 5.85. The second-order valence-corrected chi connectivity index (χ2v) is 5.99. The molecular formula is C17H21ClN4O2. The fourth-order valence-corrected chi connectivity index (χ4v) is 3.02. The quantitative estimate of drug-likeness (QED) is 0.917. The van der Waals surface area contributed by atoms with Crippen LogP contribution < -0.4 is 10.1 Å². The Morgan fingerprint density at radius 3 is 3.12 bits per heavy atom. The third-order valence-electron chi connectivity index (χ3n) is 4.40. The highest BCUT2D eigenvalue weighted by atomic mass is 35.5. The van der Waals surface area contributed by atoms with E-state index >= 15 is 0 Å². The highest BCUT2D eigenvalue weighted by Gasteiger charge is 2.24. The molecule has 0 aliphatic carbocycles. The monoisotopic (exact) mass is 348 g/mol. The number of nitrogens with zero attached hydrogens (tertiary/aromatic N) is 3. The molecule has 2 aliphatic rings. The van der Waals surface area contributed by atoms with Crippen LogP contribution in [0, 0.1) is 0 Å². The van der Waals surface area contributed by atoms with Gasteiger partial charge in [-0.05, 0) is 36.4 Å². The predicted octanol–water partition coefficient (Wildman–Crippen LogP) is 2.17. The summed E-state index contributed by atoms with van der Waals surface area (Å²) in [5.41, 5.74) is 2.37. The number of rotatable bonds is 3. The van der Waals surface area contributed by atoms with Crippen molar-refractivity contribution in [3.63, 3.8) is 0 Å². The van der Waals surface area contributed by atoms with Crippen molar-refractivity contribution in [3.05, 3.63) is 41.0 Å². The number of fused-ring (bicyclic) bond motifs is 1. The zero-order valence-corrected chi connectivity index (χ0v) is 14.4. The first-order chi connectivity index (χ1) is 11.3. The van der Waals surface area contributed by atoms with Crippen molar-refractivity contribution < 1.29 is 9.26 Å². The standard InChI is InChI=1S/C17H20N4O2.ClH/c1-21-8-7-18-11-14(21)17-19-16(23-20-17)5-3-12-2-4-15-13(10-12)6-9-22-15;/h2-5,10,14,18H,6-9,11H2,1H3;1H/b5-3+;. The number of aromatic nitrogens is 2. The summed E-state index contributed by atoms with van der Waals surface area (Å²) in [7, 11) is 2.09. The minimum absolute atomic E-state index is 0. The molecule has 24 heavy (non-hydrogen) atoms. The Balaban J connectivity index is 0.00000169. The van der Waals surface area contributed by atoms with Crippen molar-refractivity contribution in [1.82, 2.24) is 20.4 Å². The van der Waals surface area contributed by atoms with E-state index in [1.807, 2.05) is 24.3 Å². The fourth-order valence-electron chi connectivity index (χ4n) is 3.02. The summed E-state index contributed by atoms with van der Waals surface area (Å²) in [6, 6.07) is 6.38. The highest BCUT2D eigenvalue weighted by Crippen LogP contribution is 2.26. The van der Waals surface area contributed by atoms with E-state index in [2.05, 4.69) is 33.5 Å². The van der Waals surface area contributed by atoms with Gasteiger partial charge in [-0.2, -0.15) is 4.98 Å². The summed E-state index contributed by atoms with van der Waals surface area (Å²) in [4.78, 5) is 6.75. The second-order valence-electron chi connectivity index (χ2n) is 5.99. The third kappa shape index (κ3) is 3.45. The average Bonchev–Trinajstić information content (AvgIpc) is 3.22. The van der Waals surface area contributed by atoms with Crippen LogP contribution in [0.25, 0.3) is 12.2 Å². The molecule has 1 N–H and O–H groups in total. The molecule has 3 heterocycles. The Morgan fingerprint density at radius 2 is 2.25 bits per heavy atom. The Hall–Kier alpha value is -1.89. The topological polar surface area (TPSA) is 63.4 Å². The minimum atomic E-state index is 0. The van der Waals surface area contributed by atoms with Crippen molar-refractivity contribution in [2.75, 3.05) is 33.3 Å². The molecule has 0 amide bonds. The number of halogens is 1. The summed E-state index contributed by atoms with van der Waals surface area (Å²) in [6.45, 7) is 3.61. The van der Waals surface area contributed by atoms with Gasteiger partial charge in [-0.15, -0.1) is 12.4 Å². The molecule has 0 spiro atoms. The SMILES string of the molecule is CN1CCNCC1c1noc(/C=C/c2ccc3c(c2)CCO3)n1.Cl. The number of likely N-dealkylation sites (N-methyl/N-ethyl adjacent to an activating group) is 1. The normalized spacial score (nSPS) is 20.6. The summed E-state index contributed by atoms with van der Waals surface area (Å²) in [6.07, 6.45) is 4.84. The van der Waals surface area contributed by atoms with Crippen molar-refractivity contribution in [2.45, 2.75) is 12.5 Å². The molecule has 1 unspecified atom stereocenters. The van der Waals surface area contributed by atoms with Crippen LogP contribution in [-0.2, 0) is 6.42 Å². The first-order valence-corrected chi connectivity index (χ1v) is 7.98. The van der Waals surface area contributed by atoms with E-state index in [0.717, 1.165) is 49.8 Å². The third-order valence-corrected chi connectivity index (χ3v) is 4.40. The van der Waals surface area contributed by atoms with E-state index in [9.17, 15) is 0 Å². The second kappa shape index (κ2) is 7.34. The van der Waals surface area contributed by atoms with Crippen molar-refractivity contribution in [3.8, 4) is 5.75 Å². The lowest BCUT2D eigenvalue weighted by molar-refractivity contribution is 0.190. The van der Waals surface area contributed by atoms with Gasteiger partial charge in [-0.25, -0.2) is 0 Å². The fraction of sp³-hybridized carbons (Fsp3) is 0.412. The van der Waals surface area contributed by atoms with Crippen LogP contribution in [0.3, 0.4) is 0 Å². The van der Waals surface area contributed by atoms with Crippen LogP contribution in [0.15, 0.2) is 22.7 Å². The Kier molecular flexibility index (Phi) is 5.18. The molecule has 0 radical (unpaired) electrons. The van der Waals surface area contributed by atoms with Crippen LogP contribution in [0.5, 0.6) is 5.75 Å². The minimum Gasteiger partial charge on any atom is -0.493 e. The molecule has 1 atom stereocenters. The van der Waals surface area contributed by atoms with E-state index < -0.39 is 0 Å². The van der Waals surface area contributed by atoms with Gasteiger partial charge in [0.2, 0.25) is 0 Å². The number of nitrogens with one attached hydrogen (secondary N) is 1. The molecule has 1 aromatic carbocycles. The van der Waals surface area contributed by atoms with Gasteiger partial charge in [0.1, 0.15) is 5.75 Å². The maximum Gasteiger partial charge on any atom is 0.250 e. The van der Waals surface area contributed by atoms with E-state index in [4.69, 9.17) is 9.26 Å². The Bertz CT molecular complexity index is 731. The van der Waals surface area contributed by atoms with Gasteiger partial charge in [0.05, 0.1) is 12.6 Å². The summed E-state index contributed by atoms with van der Waals surface area (Å²) < 4.78 is 10.9. The van der Waals surface area contributed by atoms with Gasteiger partial charge in [-0.3, -0.25) is 4.90 Å². The van der Waals surface area contributed by atoms with E-state index in [0.29, 0.717) is 5.89 Å². The summed E-state index contributed by atoms with van der Waals surface area (Å²) in [5.74, 6) is 2.27. The number of hydrogen-bond acceptors (Lipinski definition) is 6. The largest absolute Gasteiger partial charge is 0.493 e. The van der Waals surface area contributed by atoms with E-state index in [-0.39, 0.29) is 18.4 Å². The number of ether oxygens (including phenoxy) is 1. The zero-order chi connectivity index (χ0) is 15.6. The van der Waals surface area contributed by atoms with Crippen LogP contribution >= 0.6 is 12.4 Å². The summed E-state index contributed by atoms with van der Waals surface area (Å²) >= 11 is 0. The van der Waals surface area contributed by atoms with Crippen molar-refractivity contribution in [1.29, 1.82) is 0 Å². The predicted molar refractivity (Wildman–Crippen MR) is 94.4 cm³/mol. The molecule has 7 heteroatoms. The van der Waals surface area contributed by atoms with Gasteiger partial charge < -0.3 is 14.6 Å². The van der Waals surface area contributed by atoms with E-state index in [1.165, 1.54) is 5.56 Å². The molecule has 1 fully saturated rings. The zero-order valence-electron chi connectivity index (χ0n) is 13.6. The average molecular weight is 349 g/mol. The molecular weight excluding hydrogens is 328 g/mol. The van der Waals surface area contributed by atoms with Crippen LogP contribution in [-0.4, -0.2) is 48.3 Å². The smallest absolute Gasteiger partial charge is 0.250 e. The van der Waals surface area contributed by atoms with Gasteiger partial charge in [0.25, 0.3) is 5.89 Å². The van der Waals surface area contributed by atoms with Crippen LogP contribution in [0.2, 0.25) is 0 Å². The molecule has 128 valence electrons. The molecule has 0 bridgehead atoms. The first-order valence-electron chi connectivity index (χ1n) is 7.98. The lowest BCUT2D eigenvalue weighted by atomic mass is 10.1. The number of piperazine rings is 1. The lowest BCUT2D eigenvalue weighted by Crippen LogP contribution is -2.44. The molecule has 4 rings (SSSR count). The van der Waals surface area contributed by atoms with Gasteiger partial charge in [0.15, 0.2) is 5.82 Å². The Morgan fingerprint density at radius 1 is 1.33 bits per heavy atom. The first kappa shape index (κ1) is 17.0. The molecule has 0 saturated carbocycles. The van der Waals surface area contributed by atoms with Gasteiger partial charge in [-0.1, -0.05) is 11.2 Å². The number of benzene rings is 1. The van der Waals surface area contributed by atoms with Crippen LogP contribution in [0.4, 0.5) is 0 Å².